The number of ketones is 1. The molecule has 1 aromatic rings. The summed E-state index contributed by atoms with van der Waals surface area (Å²) in [5.74, 6) is 0.163. The maximum absolute atomic E-state index is 12.4. The first-order chi connectivity index (χ1) is 9.93. The van der Waals surface area contributed by atoms with Crippen LogP contribution in [-0.4, -0.2) is 21.6 Å². The van der Waals surface area contributed by atoms with Crippen LogP contribution in [-0.2, 0) is 4.79 Å². The third kappa shape index (κ3) is 3.78. The fourth-order valence-electron chi connectivity index (χ4n) is 2.65. The first kappa shape index (κ1) is 15.4. The van der Waals surface area contributed by atoms with E-state index in [0.717, 1.165) is 12.1 Å². The Morgan fingerprint density at radius 2 is 2.00 bits per heavy atom. The predicted octanol–water partition coefficient (Wildman–Crippen LogP) is 4.16. The number of aliphatic hydroxyl groups excluding tert-OH is 1. The van der Waals surface area contributed by atoms with Gasteiger partial charge in [0.2, 0.25) is 0 Å². The van der Waals surface area contributed by atoms with E-state index in [1.165, 1.54) is 0 Å². The monoisotopic (exact) mass is 286 g/mol. The van der Waals surface area contributed by atoms with Crippen molar-refractivity contribution in [2.75, 3.05) is 0 Å². The van der Waals surface area contributed by atoms with E-state index in [-0.39, 0.29) is 17.0 Å². The topological polar surface area (TPSA) is 62.5 Å². The maximum atomic E-state index is 12.4. The lowest BCUT2D eigenvalue weighted by Crippen LogP contribution is -2.32. The van der Waals surface area contributed by atoms with Crippen molar-refractivity contribution in [1.29, 1.82) is 0 Å². The van der Waals surface area contributed by atoms with Crippen molar-refractivity contribution in [3.63, 3.8) is 0 Å². The van der Waals surface area contributed by atoms with Gasteiger partial charge in [-0.3, -0.25) is 14.8 Å². The zero-order chi connectivity index (χ0) is 15.5. The molecule has 0 amide bonds. The lowest BCUT2D eigenvalue weighted by molar-refractivity contribution is -0.117. The molecule has 0 aliphatic heterocycles. The smallest absolute Gasteiger partial charge is 0.168 e. The molecule has 0 spiro atoms. The number of aliphatic hydroxyl groups is 1. The summed E-state index contributed by atoms with van der Waals surface area (Å²) in [6, 6.07) is 3.60. The van der Waals surface area contributed by atoms with Gasteiger partial charge in [-0.25, -0.2) is 0 Å². The molecule has 1 fully saturated rings. The Hall–Kier alpha value is -1.97. The summed E-state index contributed by atoms with van der Waals surface area (Å²) in [6.45, 7) is 6.09. The minimum Gasteiger partial charge on any atom is -0.511 e. The summed E-state index contributed by atoms with van der Waals surface area (Å²) in [5, 5.41) is 10.2. The molecule has 0 radical (unpaired) electrons. The van der Waals surface area contributed by atoms with Crippen LogP contribution in [0.5, 0.6) is 0 Å². The van der Waals surface area contributed by atoms with Gasteiger partial charge in [0.25, 0.3) is 0 Å². The van der Waals surface area contributed by atoms with Crippen molar-refractivity contribution in [3.8, 4) is 0 Å². The fraction of sp³-hybridized carbons (Fsp3) is 0.471. The molecule has 4 nitrogen and oxygen atoms in total. The number of nitrogens with zero attached hydrogens (tertiary/aromatic N) is 2. The largest absolute Gasteiger partial charge is 0.511 e. The Balaban J connectivity index is 2.48. The Morgan fingerprint density at radius 1 is 1.33 bits per heavy atom. The van der Waals surface area contributed by atoms with Crippen LogP contribution in [0.4, 0.5) is 5.69 Å². The molecular formula is C17H22N2O2. The fourth-order valence-corrected chi connectivity index (χ4v) is 2.65. The first-order valence-corrected chi connectivity index (χ1v) is 7.36. The maximum Gasteiger partial charge on any atom is 0.168 e. The molecule has 0 bridgehead atoms. The summed E-state index contributed by atoms with van der Waals surface area (Å²) < 4.78 is 0. The zero-order valence-corrected chi connectivity index (χ0v) is 12.9. The number of allylic oxidation sites excluding steroid dienone is 2. The van der Waals surface area contributed by atoms with Crippen LogP contribution < -0.4 is 0 Å². The summed E-state index contributed by atoms with van der Waals surface area (Å²) in [6.07, 6.45) is 5.79. The molecule has 1 N–H and O–H groups in total. The third-order valence-electron chi connectivity index (χ3n) is 3.55. The van der Waals surface area contributed by atoms with Gasteiger partial charge in [0.15, 0.2) is 5.78 Å². The molecule has 0 aromatic carbocycles. The van der Waals surface area contributed by atoms with Gasteiger partial charge in [0, 0.05) is 25.2 Å². The second-order valence-electron chi connectivity index (χ2n) is 6.28. The summed E-state index contributed by atoms with van der Waals surface area (Å²) in [5.41, 5.74) is 1.74. The van der Waals surface area contributed by atoms with Gasteiger partial charge in [-0.15, -0.1) is 0 Å². The molecular weight excluding hydrogens is 264 g/mol. The van der Waals surface area contributed by atoms with Crippen molar-refractivity contribution in [3.05, 3.63) is 35.9 Å². The van der Waals surface area contributed by atoms with Gasteiger partial charge in [-0.1, -0.05) is 20.8 Å². The highest BCUT2D eigenvalue weighted by molar-refractivity contribution is 6.25. The van der Waals surface area contributed by atoms with E-state index in [1.54, 1.807) is 24.5 Å². The second kappa shape index (κ2) is 6.20. The number of Topliss-reactive ketones (excluding diaryl/α,β-unsaturated/α-hetero) is 1. The van der Waals surface area contributed by atoms with Crippen molar-refractivity contribution in [2.24, 2.45) is 10.4 Å². The quantitative estimate of drug-likeness (QED) is 0.670. The van der Waals surface area contributed by atoms with Crippen LogP contribution in [0.3, 0.4) is 0 Å². The van der Waals surface area contributed by atoms with Gasteiger partial charge in [-0.2, -0.15) is 0 Å². The summed E-state index contributed by atoms with van der Waals surface area (Å²) in [4.78, 5) is 21.0. The number of hydrogen-bond donors (Lipinski definition) is 1. The molecule has 1 aliphatic rings. The van der Waals surface area contributed by atoms with E-state index < -0.39 is 0 Å². The average Bonchev–Trinajstić information content (AvgIpc) is 2.38. The standard InChI is InChI=1S/C17H22N2O2/c1-4-5-14(20)16-13(10-17(2,3)11-15(16)21)19-12-6-8-18-9-7-12/h6-9,20H,4-5,10-11H2,1-3H3/b16-14+,19-13?. The van der Waals surface area contributed by atoms with Crippen molar-refractivity contribution >= 4 is 17.2 Å². The third-order valence-corrected chi connectivity index (χ3v) is 3.55. The van der Waals surface area contributed by atoms with E-state index in [4.69, 9.17) is 0 Å². The summed E-state index contributed by atoms with van der Waals surface area (Å²) >= 11 is 0. The molecule has 112 valence electrons. The molecule has 1 saturated carbocycles. The van der Waals surface area contributed by atoms with Crippen molar-refractivity contribution in [1.82, 2.24) is 4.98 Å². The first-order valence-electron chi connectivity index (χ1n) is 7.36. The van der Waals surface area contributed by atoms with E-state index >= 15 is 0 Å². The van der Waals surface area contributed by atoms with Gasteiger partial charge in [0.1, 0.15) is 5.76 Å². The Kier molecular flexibility index (Phi) is 4.56. The Morgan fingerprint density at radius 3 is 2.62 bits per heavy atom. The lowest BCUT2D eigenvalue weighted by atomic mass is 9.73. The van der Waals surface area contributed by atoms with E-state index in [2.05, 4.69) is 23.8 Å². The van der Waals surface area contributed by atoms with Gasteiger partial charge in [-0.05, 0) is 30.4 Å². The lowest BCUT2D eigenvalue weighted by Gasteiger charge is -2.31. The molecule has 0 atom stereocenters. The number of aromatic nitrogens is 1. The number of carbonyl (C=O) groups is 1. The zero-order valence-electron chi connectivity index (χ0n) is 12.9. The average molecular weight is 286 g/mol. The van der Waals surface area contributed by atoms with E-state index in [9.17, 15) is 9.90 Å². The van der Waals surface area contributed by atoms with Crippen molar-refractivity contribution < 1.29 is 9.90 Å². The molecule has 0 saturated heterocycles. The molecule has 1 aromatic heterocycles. The van der Waals surface area contributed by atoms with Crippen LogP contribution in [0.15, 0.2) is 40.9 Å². The number of aliphatic imine (C=N–C) groups is 1. The van der Waals surface area contributed by atoms with E-state index in [1.807, 2.05) is 6.92 Å². The van der Waals surface area contributed by atoms with Gasteiger partial charge < -0.3 is 5.11 Å². The van der Waals surface area contributed by atoms with Crippen molar-refractivity contribution in [2.45, 2.75) is 46.5 Å². The summed E-state index contributed by atoms with van der Waals surface area (Å²) in [7, 11) is 0. The van der Waals surface area contributed by atoms with Gasteiger partial charge >= 0.3 is 0 Å². The molecule has 21 heavy (non-hydrogen) atoms. The van der Waals surface area contributed by atoms with Crippen LogP contribution >= 0.6 is 0 Å². The minimum absolute atomic E-state index is 0.00925. The van der Waals surface area contributed by atoms with Gasteiger partial charge in [0.05, 0.1) is 17.0 Å². The van der Waals surface area contributed by atoms with Crippen LogP contribution in [0, 0.1) is 5.41 Å². The molecule has 2 rings (SSSR count). The highest BCUT2D eigenvalue weighted by Crippen LogP contribution is 2.36. The second-order valence-corrected chi connectivity index (χ2v) is 6.28. The highest BCUT2D eigenvalue weighted by Gasteiger charge is 2.36. The Labute approximate surface area is 125 Å². The number of rotatable bonds is 3. The molecule has 4 heteroatoms. The molecule has 0 unspecified atom stereocenters. The van der Waals surface area contributed by atoms with Crippen LogP contribution in [0.1, 0.15) is 46.5 Å². The predicted molar refractivity (Wildman–Crippen MR) is 83.9 cm³/mol. The normalized spacial score (nSPS) is 22.4. The number of hydrogen-bond acceptors (Lipinski definition) is 4. The SMILES string of the molecule is CCC/C(O)=C1\C(=O)CC(C)(C)CC1=Nc1ccncc1. The van der Waals surface area contributed by atoms with E-state index in [0.29, 0.717) is 30.5 Å². The number of pyridine rings is 1. The van der Waals surface area contributed by atoms with Crippen LogP contribution in [0.2, 0.25) is 0 Å². The minimum atomic E-state index is -0.126. The van der Waals surface area contributed by atoms with Crippen LogP contribution in [0.25, 0.3) is 0 Å². The Bertz CT molecular complexity index is 586. The molecule has 1 heterocycles. The molecule has 1 aliphatic carbocycles. The highest BCUT2D eigenvalue weighted by atomic mass is 16.3. The number of carbonyl (C=O) groups excluding carboxylic acids is 1.